The van der Waals surface area contributed by atoms with Crippen molar-refractivity contribution in [3.8, 4) is 0 Å². The van der Waals surface area contributed by atoms with Crippen molar-refractivity contribution < 1.29 is 19.4 Å². The first-order valence-electron chi connectivity index (χ1n) is 5.58. The Hall–Kier alpha value is -0.750. The minimum Gasteiger partial charge on any atom is -0.481 e. The molecule has 2 unspecified atom stereocenters. The second-order valence-corrected chi connectivity index (χ2v) is 6.28. The van der Waals surface area contributed by atoms with Crippen molar-refractivity contribution in [2.75, 3.05) is 19.0 Å². The Morgan fingerprint density at radius 2 is 2.24 bits per heavy atom. The zero-order valence-corrected chi connectivity index (χ0v) is 11.2. The molecule has 6 heteroatoms. The van der Waals surface area contributed by atoms with Crippen LogP contribution in [0.25, 0.3) is 0 Å². The number of carbonyl (C=O) groups excluding carboxylic acids is 1. The van der Waals surface area contributed by atoms with Crippen molar-refractivity contribution in [2.45, 2.75) is 32.1 Å². The molecule has 0 aromatic rings. The van der Waals surface area contributed by atoms with Crippen LogP contribution >= 0.6 is 11.8 Å². The molecule has 0 aromatic carbocycles. The molecule has 17 heavy (non-hydrogen) atoms. The first-order chi connectivity index (χ1) is 7.86. The van der Waals surface area contributed by atoms with E-state index in [1.54, 1.807) is 6.92 Å². The van der Waals surface area contributed by atoms with Crippen molar-refractivity contribution in [1.29, 1.82) is 0 Å². The van der Waals surface area contributed by atoms with Crippen LogP contribution in [0.15, 0.2) is 0 Å². The number of rotatable bonds is 5. The van der Waals surface area contributed by atoms with Crippen molar-refractivity contribution in [3.05, 3.63) is 0 Å². The van der Waals surface area contributed by atoms with Gasteiger partial charge in [0.05, 0.1) is 25.0 Å². The summed E-state index contributed by atoms with van der Waals surface area (Å²) in [5.74, 6) is -0.715. The molecular formula is C11H19NO4S. The summed E-state index contributed by atoms with van der Waals surface area (Å²) in [7, 11) is 0. The monoisotopic (exact) mass is 261 g/mol. The van der Waals surface area contributed by atoms with E-state index in [1.165, 1.54) is 11.8 Å². The fourth-order valence-corrected chi connectivity index (χ4v) is 2.13. The molecule has 98 valence electrons. The Morgan fingerprint density at radius 3 is 2.76 bits per heavy atom. The van der Waals surface area contributed by atoms with Gasteiger partial charge in [-0.3, -0.25) is 9.59 Å². The van der Waals surface area contributed by atoms with Gasteiger partial charge in [-0.05, 0) is 12.2 Å². The molecule has 0 saturated carbocycles. The highest BCUT2D eigenvalue weighted by molar-refractivity contribution is 8.00. The highest BCUT2D eigenvalue weighted by Gasteiger charge is 2.47. The molecule has 1 aliphatic heterocycles. The van der Waals surface area contributed by atoms with Gasteiger partial charge in [0.2, 0.25) is 5.91 Å². The number of aliphatic carboxylic acids is 1. The van der Waals surface area contributed by atoms with Crippen LogP contribution in [0.5, 0.6) is 0 Å². The first-order valence-corrected chi connectivity index (χ1v) is 6.63. The van der Waals surface area contributed by atoms with E-state index in [1.807, 2.05) is 13.8 Å². The van der Waals surface area contributed by atoms with E-state index < -0.39 is 17.4 Å². The molecule has 1 heterocycles. The molecule has 0 spiro atoms. The third kappa shape index (κ3) is 3.61. The number of carbonyl (C=O) groups is 2. The summed E-state index contributed by atoms with van der Waals surface area (Å²) < 4.78 is 5.16. The summed E-state index contributed by atoms with van der Waals surface area (Å²) >= 11 is 1.53. The predicted octanol–water partition coefficient (Wildman–Crippen LogP) is 0.734. The largest absolute Gasteiger partial charge is 0.481 e. The van der Waals surface area contributed by atoms with Crippen molar-refractivity contribution >= 4 is 23.6 Å². The van der Waals surface area contributed by atoms with E-state index in [9.17, 15) is 9.59 Å². The second-order valence-electron chi connectivity index (χ2n) is 4.72. The zero-order valence-electron chi connectivity index (χ0n) is 10.4. The Morgan fingerprint density at radius 1 is 1.59 bits per heavy atom. The number of thioether (sulfide) groups is 1. The molecule has 2 atom stereocenters. The van der Waals surface area contributed by atoms with Crippen molar-refractivity contribution in [1.82, 2.24) is 5.32 Å². The maximum atomic E-state index is 11.6. The van der Waals surface area contributed by atoms with Gasteiger partial charge in [-0.25, -0.2) is 0 Å². The highest BCUT2D eigenvalue weighted by atomic mass is 32.2. The van der Waals surface area contributed by atoms with Gasteiger partial charge in [0.1, 0.15) is 5.41 Å². The van der Waals surface area contributed by atoms with Crippen LogP contribution in [0, 0.1) is 5.41 Å². The molecule has 1 fully saturated rings. The maximum absolute atomic E-state index is 11.6. The van der Waals surface area contributed by atoms with Gasteiger partial charge in [0.15, 0.2) is 0 Å². The Balaban J connectivity index is 2.50. The van der Waals surface area contributed by atoms with Crippen LogP contribution in [0.2, 0.25) is 0 Å². The van der Waals surface area contributed by atoms with Gasteiger partial charge in [-0.1, -0.05) is 13.8 Å². The number of carboxylic acid groups (broad SMARTS) is 1. The Labute approximate surface area is 105 Å². The van der Waals surface area contributed by atoms with Gasteiger partial charge >= 0.3 is 5.97 Å². The lowest BCUT2D eigenvalue weighted by Gasteiger charge is -2.25. The minimum atomic E-state index is -1.02. The van der Waals surface area contributed by atoms with Gasteiger partial charge in [-0.2, -0.15) is 0 Å². The van der Waals surface area contributed by atoms with E-state index >= 15 is 0 Å². The lowest BCUT2D eigenvalue weighted by molar-refractivity contribution is -0.148. The topological polar surface area (TPSA) is 75.6 Å². The molecule has 1 amide bonds. The number of ether oxygens (including phenoxy) is 1. The van der Waals surface area contributed by atoms with E-state index in [-0.39, 0.29) is 19.1 Å². The molecule has 2 N–H and O–H groups in total. The fourth-order valence-electron chi connectivity index (χ4n) is 1.56. The zero-order chi connectivity index (χ0) is 13.1. The van der Waals surface area contributed by atoms with Crippen LogP contribution in [-0.4, -0.2) is 47.2 Å². The van der Waals surface area contributed by atoms with Crippen LogP contribution in [0.3, 0.4) is 0 Å². The number of amides is 1. The van der Waals surface area contributed by atoms with E-state index in [0.717, 1.165) is 0 Å². The van der Waals surface area contributed by atoms with Crippen molar-refractivity contribution in [3.63, 3.8) is 0 Å². The van der Waals surface area contributed by atoms with E-state index in [0.29, 0.717) is 11.0 Å². The predicted molar refractivity (Wildman–Crippen MR) is 66.1 cm³/mol. The van der Waals surface area contributed by atoms with Crippen molar-refractivity contribution in [2.24, 2.45) is 5.41 Å². The summed E-state index contributed by atoms with van der Waals surface area (Å²) in [4.78, 5) is 22.8. The van der Waals surface area contributed by atoms with Crippen LogP contribution in [0.1, 0.15) is 20.8 Å². The average Bonchev–Trinajstić information content (AvgIpc) is 2.59. The Bertz CT molecular complexity index is 308. The number of nitrogens with one attached hydrogen (secondary N) is 1. The van der Waals surface area contributed by atoms with E-state index in [2.05, 4.69) is 5.32 Å². The second kappa shape index (κ2) is 5.73. The first kappa shape index (κ1) is 14.3. The maximum Gasteiger partial charge on any atom is 0.313 e. The molecule has 0 aromatic heterocycles. The van der Waals surface area contributed by atoms with Gasteiger partial charge in [0.25, 0.3) is 0 Å². The Kier molecular flexibility index (Phi) is 4.82. The normalized spacial score (nSPS) is 28.4. The molecule has 0 radical (unpaired) electrons. The SMILES string of the molecule is CC(C)SCC(=O)NC1COCC1(C)C(=O)O. The number of hydrogen-bond acceptors (Lipinski definition) is 4. The summed E-state index contributed by atoms with van der Waals surface area (Å²) in [5.41, 5.74) is -1.02. The molecule has 1 rings (SSSR count). The summed E-state index contributed by atoms with van der Waals surface area (Å²) in [6.45, 7) is 6.03. The molecule has 1 saturated heterocycles. The number of hydrogen-bond donors (Lipinski definition) is 2. The lowest BCUT2D eigenvalue weighted by Crippen LogP contribution is -2.50. The minimum absolute atomic E-state index is 0.133. The fraction of sp³-hybridized carbons (Fsp3) is 0.818. The summed E-state index contributed by atoms with van der Waals surface area (Å²) in [5, 5.41) is 12.3. The van der Waals surface area contributed by atoms with Gasteiger partial charge in [-0.15, -0.1) is 11.8 Å². The summed E-state index contributed by atoms with van der Waals surface area (Å²) in [6, 6.07) is -0.444. The third-order valence-corrected chi connectivity index (χ3v) is 3.92. The molecule has 0 aliphatic carbocycles. The molecule has 1 aliphatic rings. The summed E-state index contributed by atoms with van der Waals surface area (Å²) in [6.07, 6.45) is 0. The molecular weight excluding hydrogens is 242 g/mol. The van der Waals surface area contributed by atoms with Crippen LogP contribution < -0.4 is 5.32 Å². The average molecular weight is 261 g/mol. The highest BCUT2D eigenvalue weighted by Crippen LogP contribution is 2.28. The van der Waals surface area contributed by atoms with Crippen LogP contribution in [0.4, 0.5) is 0 Å². The van der Waals surface area contributed by atoms with Gasteiger partial charge < -0.3 is 15.2 Å². The lowest BCUT2D eigenvalue weighted by atomic mass is 9.85. The third-order valence-electron chi connectivity index (χ3n) is 2.83. The van der Waals surface area contributed by atoms with Crippen LogP contribution in [-0.2, 0) is 14.3 Å². The smallest absolute Gasteiger partial charge is 0.313 e. The standard InChI is InChI=1S/C11H19NO4S/c1-7(2)17-5-9(13)12-8-4-16-6-11(8,3)10(14)15/h7-8H,4-6H2,1-3H3,(H,12,13)(H,14,15). The quantitative estimate of drug-likeness (QED) is 0.763. The van der Waals surface area contributed by atoms with E-state index in [4.69, 9.17) is 9.84 Å². The molecule has 0 bridgehead atoms. The number of carboxylic acids is 1. The van der Waals surface area contributed by atoms with Gasteiger partial charge in [0, 0.05) is 0 Å². The molecule has 5 nitrogen and oxygen atoms in total.